The number of piperidine rings is 1. The van der Waals surface area contributed by atoms with E-state index in [0.717, 1.165) is 58.5 Å². The van der Waals surface area contributed by atoms with E-state index in [1.165, 1.54) is 7.11 Å². The molecule has 43 heavy (non-hydrogen) atoms. The van der Waals surface area contributed by atoms with Crippen molar-refractivity contribution in [1.82, 2.24) is 4.31 Å². The minimum Gasteiger partial charge on any atom is -0.492 e. The van der Waals surface area contributed by atoms with E-state index in [1.807, 2.05) is 28.6 Å². The van der Waals surface area contributed by atoms with Gasteiger partial charge in [0.25, 0.3) is 0 Å². The van der Waals surface area contributed by atoms with Crippen LogP contribution in [0.15, 0.2) is 42.5 Å². The van der Waals surface area contributed by atoms with Crippen LogP contribution >= 0.6 is 0 Å². The molecule has 3 aromatic carbocycles. The Morgan fingerprint density at radius 3 is 2.60 bits per heavy atom. The molecule has 1 aliphatic carbocycles. The predicted molar refractivity (Wildman–Crippen MR) is 164 cm³/mol. The van der Waals surface area contributed by atoms with Crippen LogP contribution in [0.2, 0.25) is 0 Å². The van der Waals surface area contributed by atoms with E-state index in [1.54, 1.807) is 12.3 Å². The van der Waals surface area contributed by atoms with Crippen LogP contribution in [0.25, 0.3) is 11.1 Å². The van der Waals surface area contributed by atoms with Gasteiger partial charge >= 0.3 is 5.97 Å². The lowest BCUT2D eigenvalue weighted by Gasteiger charge is -2.31. The van der Waals surface area contributed by atoms with E-state index in [-0.39, 0.29) is 30.2 Å². The highest BCUT2D eigenvalue weighted by Crippen LogP contribution is 2.45. The number of rotatable bonds is 8. The lowest BCUT2D eigenvalue weighted by Crippen LogP contribution is -2.41. The molecular weight excluding hydrogens is 569 g/mol. The van der Waals surface area contributed by atoms with Crippen LogP contribution in [0.4, 0.5) is 4.39 Å². The quantitative estimate of drug-likeness (QED) is 0.278. The molecule has 1 saturated heterocycles. The van der Waals surface area contributed by atoms with Gasteiger partial charge in [-0.25, -0.2) is 12.9 Å². The molecule has 0 bridgehead atoms. The maximum Gasteiger partial charge on any atom is 0.306 e. The number of methoxy groups -OCH3 is 1. The molecule has 6 rings (SSSR count). The Kier molecular flexibility index (Phi) is 8.47. The van der Waals surface area contributed by atoms with Gasteiger partial charge in [0.15, 0.2) is 0 Å². The summed E-state index contributed by atoms with van der Waals surface area (Å²) < 4.78 is 52.7. The average molecular weight is 608 g/mol. The van der Waals surface area contributed by atoms with Crippen LogP contribution in [0.1, 0.15) is 65.5 Å². The Morgan fingerprint density at radius 1 is 1.07 bits per heavy atom. The molecule has 1 unspecified atom stereocenters. The van der Waals surface area contributed by atoms with Gasteiger partial charge in [0.2, 0.25) is 0 Å². The number of esters is 1. The van der Waals surface area contributed by atoms with Crippen molar-refractivity contribution in [1.29, 1.82) is 0 Å². The number of carbonyl (C=O) groups excluding carboxylic acids is 1. The third kappa shape index (κ3) is 6.02. The van der Waals surface area contributed by atoms with Crippen LogP contribution < -0.4 is 14.2 Å². The highest BCUT2D eigenvalue weighted by atomic mass is 32.2. The van der Waals surface area contributed by atoms with Gasteiger partial charge in [0.1, 0.15) is 35.3 Å². The summed E-state index contributed by atoms with van der Waals surface area (Å²) in [5.74, 6) is 1.53. The summed E-state index contributed by atoms with van der Waals surface area (Å²) in [6, 6.07) is 13.2. The molecular formula is C34H38FNO6S. The fraction of sp³-hybridized carbons (Fsp3) is 0.441. The largest absolute Gasteiger partial charge is 0.492 e. The topological polar surface area (TPSA) is 74.3 Å². The minimum absolute atomic E-state index is 0.00127. The van der Waals surface area contributed by atoms with Crippen LogP contribution in [0, 0.1) is 19.7 Å². The smallest absolute Gasteiger partial charge is 0.306 e. The average Bonchev–Trinajstić information content (AvgIpc) is 3.58. The Bertz CT molecular complexity index is 1550. The zero-order valence-electron chi connectivity index (χ0n) is 25.1. The zero-order chi connectivity index (χ0) is 30.2. The first-order chi connectivity index (χ1) is 20.7. The number of carbonyl (C=O) groups is 1. The molecule has 0 amide bonds. The van der Waals surface area contributed by atoms with Gasteiger partial charge in [-0.05, 0) is 91.6 Å². The molecule has 0 aromatic heterocycles. The van der Waals surface area contributed by atoms with Crippen molar-refractivity contribution in [2.45, 2.75) is 64.1 Å². The lowest BCUT2D eigenvalue weighted by atomic mass is 9.90. The number of aryl methyl sites for hydroxylation is 2. The number of hydrogen-bond donors (Lipinski definition) is 0. The van der Waals surface area contributed by atoms with Gasteiger partial charge in [-0.1, -0.05) is 12.1 Å². The van der Waals surface area contributed by atoms with Crippen molar-refractivity contribution < 1.29 is 32.3 Å². The third-order valence-corrected chi connectivity index (χ3v) is 9.91. The summed E-state index contributed by atoms with van der Waals surface area (Å²) in [5, 5.41) is 0. The third-order valence-electron chi connectivity index (χ3n) is 8.85. The molecule has 0 radical (unpaired) electrons. The molecule has 7 nitrogen and oxygen atoms in total. The Morgan fingerprint density at radius 2 is 1.86 bits per heavy atom. The SMILES string of the molecule is COC(=O)C[C@@H]1COc2cc(O[C@@H]3CCc4c(-c5c(C)cc(O[C@@H]6CCCN(S(C)=O)C6)cc5C)ccc(F)c43)ccc21. The molecule has 0 N–H and O–H groups in total. The summed E-state index contributed by atoms with van der Waals surface area (Å²) in [6.07, 6.45) is 4.83. The van der Waals surface area contributed by atoms with E-state index >= 15 is 4.39 Å². The van der Waals surface area contributed by atoms with Crippen LogP contribution in [-0.2, 0) is 26.9 Å². The van der Waals surface area contributed by atoms with Gasteiger partial charge in [-0.15, -0.1) is 0 Å². The fourth-order valence-electron chi connectivity index (χ4n) is 6.82. The maximum absolute atomic E-state index is 15.4. The molecule has 228 valence electrons. The second-order valence-corrected chi connectivity index (χ2v) is 13.1. The highest BCUT2D eigenvalue weighted by Gasteiger charge is 2.32. The Hall–Kier alpha value is -3.43. The van der Waals surface area contributed by atoms with E-state index < -0.39 is 17.1 Å². The van der Waals surface area contributed by atoms with E-state index in [4.69, 9.17) is 18.9 Å². The van der Waals surface area contributed by atoms with Crippen LogP contribution in [0.3, 0.4) is 0 Å². The van der Waals surface area contributed by atoms with Gasteiger partial charge in [-0.2, -0.15) is 0 Å². The molecule has 0 saturated carbocycles. The minimum atomic E-state index is -1.000. The molecule has 2 aliphatic heterocycles. The van der Waals surface area contributed by atoms with Crippen LogP contribution in [0.5, 0.6) is 17.2 Å². The van der Waals surface area contributed by atoms with Gasteiger partial charge in [-0.3, -0.25) is 4.79 Å². The van der Waals surface area contributed by atoms with E-state index in [2.05, 4.69) is 26.0 Å². The van der Waals surface area contributed by atoms with E-state index in [9.17, 15) is 9.00 Å². The van der Waals surface area contributed by atoms with E-state index in [0.29, 0.717) is 43.1 Å². The van der Waals surface area contributed by atoms with Gasteiger partial charge in [0.05, 0.1) is 31.1 Å². The fourth-order valence-corrected chi connectivity index (χ4v) is 7.58. The molecule has 0 spiro atoms. The second kappa shape index (κ2) is 12.3. The lowest BCUT2D eigenvalue weighted by molar-refractivity contribution is -0.141. The Labute approximate surface area is 254 Å². The number of halogens is 1. The molecule has 2 heterocycles. The molecule has 9 heteroatoms. The standard InChI is InChI=1S/C34H38FNO6S/c1-20-14-25(41-24-6-5-13-36(18-24)43(4)38)15-21(2)33(20)27-9-11-29(35)34-28(27)10-12-30(34)42-23-7-8-26-22(16-32(37)39-3)19-40-31(26)17-23/h7-9,11,14-15,17,22,24,30H,5-6,10,12-13,16,18-19H2,1-4H3/t22-,24-,30-,43?/m1/s1. The first-order valence-electron chi connectivity index (χ1n) is 14.9. The maximum atomic E-state index is 15.4. The predicted octanol–water partition coefficient (Wildman–Crippen LogP) is 6.35. The summed E-state index contributed by atoms with van der Waals surface area (Å²) in [5.41, 5.74) is 6.79. The monoisotopic (exact) mass is 607 g/mol. The van der Waals surface area contributed by atoms with Crippen molar-refractivity contribution in [3.05, 3.63) is 76.1 Å². The van der Waals surface area contributed by atoms with Crippen molar-refractivity contribution in [2.75, 3.05) is 33.1 Å². The molecule has 3 aliphatic rings. The molecule has 4 atom stereocenters. The van der Waals surface area contributed by atoms with Crippen molar-refractivity contribution >= 4 is 17.0 Å². The molecule has 1 fully saturated rings. The summed E-state index contributed by atoms with van der Waals surface area (Å²) in [6.45, 7) is 6.04. The summed E-state index contributed by atoms with van der Waals surface area (Å²) in [4.78, 5) is 11.8. The first-order valence-corrected chi connectivity index (χ1v) is 16.4. The summed E-state index contributed by atoms with van der Waals surface area (Å²) >= 11 is 0. The van der Waals surface area contributed by atoms with Gasteiger partial charge < -0.3 is 18.9 Å². The number of ether oxygens (including phenoxy) is 4. The number of benzene rings is 3. The number of hydrogen-bond acceptors (Lipinski definition) is 6. The first kappa shape index (κ1) is 29.6. The van der Waals surface area contributed by atoms with Crippen molar-refractivity contribution in [3.63, 3.8) is 0 Å². The van der Waals surface area contributed by atoms with Gasteiger partial charge in [0, 0.05) is 42.5 Å². The molecule has 3 aromatic rings. The van der Waals surface area contributed by atoms with Crippen molar-refractivity contribution in [2.24, 2.45) is 0 Å². The zero-order valence-corrected chi connectivity index (χ0v) is 25.9. The highest BCUT2D eigenvalue weighted by molar-refractivity contribution is 7.81. The number of fused-ring (bicyclic) bond motifs is 2. The Balaban J connectivity index is 1.22. The number of nitrogens with zero attached hydrogens (tertiary/aromatic N) is 1. The normalized spacial score (nSPS) is 21.9. The summed E-state index contributed by atoms with van der Waals surface area (Å²) in [7, 11) is 0.385. The van der Waals surface area contributed by atoms with Crippen LogP contribution in [-0.4, -0.2) is 53.6 Å². The van der Waals surface area contributed by atoms with Crippen molar-refractivity contribution in [3.8, 4) is 28.4 Å². The second-order valence-electron chi connectivity index (χ2n) is 11.7.